The minimum absolute atomic E-state index is 0.611. The largest absolute Gasteiger partial charge is 0.278 e. The molecule has 0 N–H and O–H groups in total. The summed E-state index contributed by atoms with van der Waals surface area (Å²) in [4.78, 5) is 20.4. The molecule has 0 bridgehead atoms. The number of pyridine rings is 2. The lowest BCUT2D eigenvalue weighted by atomic mass is 10.0. The van der Waals surface area contributed by atoms with E-state index in [1.165, 1.54) is 5.56 Å². The SMILES string of the molecule is Brc1cc(-c2cc(-c3ccc(-c4ccccc4)cc3)nc(-n3c4ccccc4c4ccccc43)n2)cc(-c2ccc3ccc4cccnc4c3n2)c1. The van der Waals surface area contributed by atoms with Crippen molar-refractivity contribution >= 4 is 59.5 Å². The smallest absolute Gasteiger partial charge is 0.235 e. The molecule has 52 heavy (non-hydrogen) atoms. The fourth-order valence-electron chi connectivity index (χ4n) is 7.20. The van der Waals surface area contributed by atoms with E-state index in [9.17, 15) is 0 Å². The summed E-state index contributed by atoms with van der Waals surface area (Å²) in [5.74, 6) is 0.611. The predicted octanol–water partition coefficient (Wildman–Crippen LogP) is 12.1. The van der Waals surface area contributed by atoms with Crippen LogP contribution in [-0.4, -0.2) is 24.5 Å². The van der Waals surface area contributed by atoms with E-state index < -0.39 is 0 Å². The molecule has 0 aliphatic carbocycles. The van der Waals surface area contributed by atoms with Gasteiger partial charge >= 0.3 is 0 Å². The van der Waals surface area contributed by atoms with Crippen molar-refractivity contribution in [3.63, 3.8) is 0 Å². The van der Waals surface area contributed by atoms with E-state index >= 15 is 0 Å². The average molecular weight is 731 g/mol. The lowest BCUT2D eigenvalue weighted by Crippen LogP contribution is -2.04. The molecule has 0 unspecified atom stereocenters. The van der Waals surface area contributed by atoms with Gasteiger partial charge in [0.2, 0.25) is 5.95 Å². The van der Waals surface area contributed by atoms with Gasteiger partial charge in [0, 0.05) is 48.9 Å². The molecule has 0 saturated heterocycles. The Morgan fingerprint density at radius 3 is 1.71 bits per heavy atom. The molecule has 4 aromatic heterocycles. The van der Waals surface area contributed by atoms with E-state index in [0.717, 1.165) is 87.4 Å². The normalized spacial score (nSPS) is 11.6. The summed E-state index contributed by atoms with van der Waals surface area (Å²) in [5.41, 5.74) is 11.7. The zero-order valence-corrected chi connectivity index (χ0v) is 29.4. The van der Waals surface area contributed by atoms with Gasteiger partial charge < -0.3 is 0 Å². The molecular formula is C46H28BrN5. The Kier molecular flexibility index (Phi) is 7.22. The van der Waals surface area contributed by atoms with Crippen LogP contribution in [-0.2, 0) is 0 Å². The molecule has 0 amide bonds. The summed E-state index contributed by atoms with van der Waals surface area (Å²) in [6.07, 6.45) is 1.82. The molecule has 0 atom stereocenters. The number of aromatic nitrogens is 5. The second-order valence-corrected chi connectivity index (χ2v) is 13.8. The fraction of sp³-hybridized carbons (Fsp3) is 0. The molecule has 0 fully saturated rings. The lowest BCUT2D eigenvalue weighted by molar-refractivity contribution is 0.995. The van der Waals surface area contributed by atoms with Crippen molar-refractivity contribution in [2.24, 2.45) is 0 Å². The monoisotopic (exact) mass is 729 g/mol. The van der Waals surface area contributed by atoms with E-state index in [0.29, 0.717) is 5.95 Å². The molecule has 10 rings (SSSR count). The lowest BCUT2D eigenvalue weighted by Gasteiger charge is -2.13. The van der Waals surface area contributed by atoms with Gasteiger partial charge in [-0.1, -0.05) is 131 Å². The van der Waals surface area contributed by atoms with Crippen LogP contribution in [0, 0.1) is 0 Å². The summed E-state index contributed by atoms with van der Waals surface area (Å²) in [6, 6.07) is 56.9. The number of benzene rings is 6. The van der Waals surface area contributed by atoms with Gasteiger partial charge in [-0.05, 0) is 59.7 Å². The summed E-state index contributed by atoms with van der Waals surface area (Å²) >= 11 is 3.82. The van der Waals surface area contributed by atoms with Gasteiger partial charge in [0.1, 0.15) is 0 Å². The maximum absolute atomic E-state index is 5.30. The number of halogens is 1. The second kappa shape index (κ2) is 12.4. The van der Waals surface area contributed by atoms with E-state index in [1.54, 1.807) is 0 Å². The standard InChI is InChI=1S/C46H28BrN5/c47-36-26-34(39-23-22-33-21-20-32-11-8-24-48-44(32)45(33)49-39)25-35(27-36)41-28-40(31-18-16-30(17-19-31)29-9-2-1-3-10-29)50-46(51-41)52-42-14-6-4-12-37(42)38-13-5-7-15-43(38)52/h1-28H. The highest BCUT2D eigenvalue weighted by molar-refractivity contribution is 9.10. The zero-order chi connectivity index (χ0) is 34.6. The first-order valence-electron chi connectivity index (χ1n) is 17.2. The zero-order valence-electron chi connectivity index (χ0n) is 27.8. The third-order valence-electron chi connectivity index (χ3n) is 9.70. The van der Waals surface area contributed by atoms with Crippen molar-refractivity contribution in [2.75, 3.05) is 0 Å². The number of fused-ring (bicyclic) bond motifs is 6. The Labute approximate surface area is 308 Å². The Morgan fingerprint density at radius 1 is 0.404 bits per heavy atom. The number of hydrogen-bond acceptors (Lipinski definition) is 4. The fourth-order valence-corrected chi connectivity index (χ4v) is 7.70. The van der Waals surface area contributed by atoms with E-state index in [4.69, 9.17) is 15.0 Å². The highest BCUT2D eigenvalue weighted by Crippen LogP contribution is 2.36. The minimum Gasteiger partial charge on any atom is -0.278 e. The molecule has 6 heteroatoms. The van der Waals surface area contributed by atoms with Crippen LogP contribution in [0.4, 0.5) is 0 Å². The average Bonchev–Trinajstić information content (AvgIpc) is 3.55. The van der Waals surface area contributed by atoms with Crippen molar-refractivity contribution < 1.29 is 0 Å². The Morgan fingerprint density at radius 2 is 0.981 bits per heavy atom. The second-order valence-electron chi connectivity index (χ2n) is 12.9. The van der Waals surface area contributed by atoms with E-state index in [1.807, 2.05) is 18.3 Å². The molecule has 4 heterocycles. The number of hydrogen-bond donors (Lipinski definition) is 0. The van der Waals surface area contributed by atoms with Gasteiger partial charge in [0.05, 0.1) is 39.1 Å². The third-order valence-corrected chi connectivity index (χ3v) is 10.2. The third kappa shape index (κ3) is 5.24. The first kappa shape index (κ1) is 30.3. The van der Waals surface area contributed by atoms with Crippen molar-refractivity contribution in [3.05, 3.63) is 174 Å². The van der Waals surface area contributed by atoms with Crippen LogP contribution in [0.3, 0.4) is 0 Å². The van der Waals surface area contributed by atoms with Crippen LogP contribution in [0.5, 0.6) is 0 Å². The molecule has 10 aromatic rings. The van der Waals surface area contributed by atoms with Gasteiger partial charge in [0.25, 0.3) is 0 Å². The molecule has 0 saturated carbocycles. The highest BCUT2D eigenvalue weighted by Gasteiger charge is 2.18. The topological polar surface area (TPSA) is 56.5 Å². The summed E-state index contributed by atoms with van der Waals surface area (Å²) < 4.78 is 3.11. The van der Waals surface area contributed by atoms with Gasteiger partial charge in [-0.15, -0.1) is 0 Å². The van der Waals surface area contributed by atoms with Crippen LogP contribution in [0.1, 0.15) is 0 Å². The molecule has 0 aliphatic heterocycles. The Hall–Kier alpha value is -6.50. The van der Waals surface area contributed by atoms with Crippen LogP contribution < -0.4 is 0 Å². The summed E-state index contributed by atoms with van der Waals surface area (Å²) in [7, 11) is 0. The Bertz CT molecular complexity index is 2920. The molecule has 244 valence electrons. The van der Waals surface area contributed by atoms with Gasteiger partial charge in [-0.2, -0.15) is 0 Å². The summed E-state index contributed by atoms with van der Waals surface area (Å²) in [6.45, 7) is 0. The van der Waals surface area contributed by atoms with Crippen molar-refractivity contribution in [3.8, 4) is 50.8 Å². The van der Waals surface area contributed by atoms with Crippen LogP contribution in [0.15, 0.2) is 174 Å². The maximum Gasteiger partial charge on any atom is 0.235 e. The van der Waals surface area contributed by atoms with Crippen molar-refractivity contribution in [1.82, 2.24) is 24.5 Å². The van der Waals surface area contributed by atoms with Crippen LogP contribution in [0.2, 0.25) is 0 Å². The van der Waals surface area contributed by atoms with E-state index in [-0.39, 0.29) is 0 Å². The van der Waals surface area contributed by atoms with Crippen LogP contribution >= 0.6 is 15.9 Å². The molecule has 0 radical (unpaired) electrons. The predicted molar refractivity (Wildman–Crippen MR) is 216 cm³/mol. The molecule has 0 aliphatic rings. The van der Waals surface area contributed by atoms with Gasteiger partial charge in [-0.3, -0.25) is 9.55 Å². The summed E-state index contributed by atoms with van der Waals surface area (Å²) in [5, 5.41) is 4.45. The molecule has 6 aromatic carbocycles. The molecular weight excluding hydrogens is 702 g/mol. The molecule has 5 nitrogen and oxygen atoms in total. The number of para-hydroxylation sites is 2. The first-order valence-corrected chi connectivity index (χ1v) is 17.9. The van der Waals surface area contributed by atoms with Gasteiger partial charge in [-0.25, -0.2) is 15.0 Å². The minimum atomic E-state index is 0.611. The van der Waals surface area contributed by atoms with Gasteiger partial charge in [0.15, 0.2) is 0 Å². The number of nitrogens with zero attached hydrogens (tertiary/aromatic N) is 5. The quantitative estimate of drug-likeness (QED) is 0.165. The number of rotatable bonds is 5. The first-order chi connectivity index (χ1) is 25.7. The highest BCUT2D eigenvalue weighted by atomic mass is 79.9. The van der Waals surface area contributed by atoms with Crippen LogP contribution in [0.25, 0.3) is 94.5 Å². The van der Waals surface area contributed by atoms with Crippen molar-refractivity contribution in [2.45, 2.75) is 0 Å². The maximum atomic E-state index is 5.30. The Balaban J connectivity index is 1.17. The van der Waals surface area contributed by atoms with E-state index in [2.05, 4.69) is 177 Å². The van der Waals surface area contributed by atoms with Crippen molar-refractivity contribution in [1.29, 1.82) is 0 Å². The molecule has 0 spiro atoms.